The number of H-pyrrole nitrogens is 1. The fourth-order valence-corrected chi connectivity index (χ4v) is 3.67. The van der Waals surface area contributed by atoms with Gasteiger partial charge in [-0.1, -0.05) is 12.1 Å². The average molecular weight is 419 g/mol. The van der Waals surface area contributed by atoms with E-state index in [2.05, 4.69) is 20.3 Å². The molecular weight excluding hydrogens is 402 g/mol. The maximum atomic E-state index is 12.3. The van der Waals surface area contributed by atoms with Crippen LogP contribution in [0.4, 0.5) is 5.69 Å². The van der Waals surface area contributed by atoms with Gasteiger partial charge in [-0.2, -0.15) is 0 Å². The molecule has 30 heavy (non-hydrogen) atoms. The van der Waals surface area contributed by atoms with Crippen molar-refractivity contribution in [3.05, 3.63) is 87.3 Å². The van der Waals surface area contributed by atoms with Gasteiger partial charge in [0.2, 0.25) is 5.91 Å². The Morgan fingerprint density at radius 1 is 1.13 bits per heavy atom. The molecule has 0 aliphatic rings. The Balaban J connectivity index is 1.43. The van der Waals surface area contributed by atoms with Crippen molar-refractivity contribution < 1.29 is 4.79 Å². The van der Waals surface area contributed by atoms with Crippen molar-refractivity contribution in [1.82, 2.24) is 19.5 Å². The first-order valence-corrected chi connectivity index (χ1v) is 10.0. The molecule has 1 aromatic carbocycles. The second-order valence-electron chi connectivity index (χ2n) is 6.46. The Labute approximate surface area is 174 Å². The first-order chi connectivity index (χ1) is 14.6. The predicted molar refractivity (Wildman–Crippen MR) is 115 cm³/mol. The molecule has 0 aliphatic carbocycles. The molecule has 0 aliphatic heterocycles. The van der Waals surface area contributed by atoms with E-state index < -0.39 is 11.2 Å². The Bertz CT molecular complexity index is 1290. The predicted octanol–water partition coefficient (Wildman–Crippen LogP) is 2.75. The van der Waals surface area contributed by atoms with Gasteiger partial charge in [0.1, 0.15) is 5.01 Å². The first-order valence-electron chi connectivity index (χ1n) is 9.14. The van der Waals surface area contributed by atoms with Crippen molar-refractivity contribution in [2.75, 3.05) is 5.32 Å². The summed E-state index contributed by atoms with van der Waals surface area (Å²) in [6, 6.07) is 12.5. The number of rotatable bonds is 6. The third kappa shape index (κ3) is 4.58. The summed E-state index contributed by atoms with van der Waals surface area (Å²) >= 11 is 1.53. The summed E-state index contributed by atoms with van der Waals surface area (Å²) in [5.41, 5.74) is 2.29. The number of nitrogens with zero attached hydrogens (tertiary/aromatic N) is 3. The van der Waals surface area contributed by atoms with Crippen LogP contribution in [0.15, 0.2) is 76.0 Å². The van der Waals surface area contributed by atoms with E-state index in [4.69, 9.17) is 0 Å². The molecule has 0 saturated heterocycles. The largest absolute Gasteiger partial charge is 0.328 e. The number of anilines is 1. The molecule has 0 radical (unpaired) electrons. The lowest BCUT2D eigenvalue weighted by atomic mass is 10.1. The fraction of sp³-hybridized carbons (Fsp3) is 0.0952. The average Bonchev–Trinajstić information content (AvgIpc) is 3.24. The number of aromatic amines is 1. The number of amides is 1. The molecule has 4 rings (SSSR count). The molecular formula is C21H17N5O3S. The second-order valence-corrected chi connectivity index (χ2v) is 7.32. The smallest absolute Gasteiger partial charge is 0.326 e. The van der Waals surface area contributed by atoms with Crippen LogP contribution in [-0.4, -0.2) is 25.4 Å². The Kier molecular flexibility index (Phi) is 5.62. The van der Waals surface area contributed by atoms with Crippen LogP contribution >= 0.6 is 11.3 Å². The normalized spacial score (nSPS) is 10.7. The van der Waals surface area contributed by atoms with Crippen LogP contribution in [0.3, 0.4) is 0 Å². The molecule has 1 amide bonds. The standard InChI is InChI=1S/C21H17N5O3S/c27-18(6-9-26-10-7-19(28)25-21(26)29)23-16-5-1-3-14(11-16)17-13-30-20(24-17)15-4-2-8-22-12-15/h1-5,7-8,10-13H,6,9H2,(H,23,27)(H,25,28,29). The quantitative estimate of drug-likeness (QED) is 0.499. The summed E-state index contributed by atoms with van der Waals surface area (Å²) < 4.78 is 1.28. The van der Waals surface area contributed by atoms with Crippen LogP contribution < -0.4 is 16.6 Å². The minimum absolute atomic E-state index is 0.0953. The van der Waals surface area contributed by atoms with Gasteiger partial charge in [0.05, 0.1) is 5.69 Å². The molecule has 0 spiro atoms. The lowest BCUT2D eigenvalue weighted by molar-refractivity contribution is -0.116. The number of benzene rings is 1. The number of carbonyl (C=O) groups is 1. The minimum Gasteiger partial charge on any atom is -0.326 e. The number of nitrogens with one attached hydrogen (secondary N) is 2. The number of aromatic nitrogens is 4. The van der Waals surface area contributed by atoms with Gasteiger partial charge in [-0.25, -0.2) is 9.78 Å². The van der Waals surface area contributed by atoms with Gasteiger partial charge in [0.25, 0.3) is 5.56 Å². The van der Waals surface area contributed by atoms with E-state index in [0.29, 0.717) is 5.69 Å². The third-order valence-electron chi connectivity index (χ3n) is 4.33. The van der Waals surface area contributed by atoms with Gasteiger partial charge in [-0.15, -0.1) is 11.3 Å². The molecule has 0 saturated carbocycles. The molecule has 0 unspecified atom stereocenters. The minimum atomic E-state index is -0.537. The van der Waals surface area contributed by atoms with Crippen molar-refractivity contribution >= 4 is 22.9 Å². The summed E-state index contributed by atoms with van der Waals surface area (Å²) in [6.07, 6.45) is 4.96. The SMILES string of the molecule is O=C(CCn1ccc(=O)[nH]c1=O)Nc1cccc(-c2csc(-c3cccnc3)n2)c1. The molecule has 0 bridgehead atoms. The van der Waals surface area contributed by atoms with Crippen molar-refractivity contribution in [1.29, 1.82) is 0 Å². The Hall–Kier alpha value is -3.85. The van der Waals surface area contributed by atoms with Crippen LogP contribution in [0.1, 0.15) is 6.42 Å². The fourth-order valence-electron chi connectivity index (χ4n) is 2.85. The van der Waals surface area contributed by atoms with E-state index in [-0.39, 0.29) is 18.9 Å². The summed E-state index contributed by atoms with van der Waals surface area (Å²) in [5.74, 6) is -0.237. The van der Waals surface area contributed by atoms with E-state index in [0.717, 1.165) is 21.8 Å². The van der Waals surface area contributed by atoms with Gasteiger partial charge in [0, 0.05) is 59.8 Å². The maximum absolute atomic E-state index is 12.3. The highest BCUT2D eigenvalue weighted by atomic mass is 32.1. The van der Waals surface area contributed by atoms with Crippen molar-refractivity contribution in [3.63, 3.8) is 0 Å². The molecule has 9 heteroatoms. The topological polar surface area (TPSA) is 110 Å². The van der Waals surface area contributed by atoms with Gasteiger partial charge < -0.3 is 9.88 Å². The molecule has 4 aromatic rings. The van der Waals surface area contributed by atoms with E-state index in [9.17, 15) is 14.4 Å². The lowest BCUT2D eigenvalue weighted by Gasteiger charge is -2.08. The van der Waals surface area contributed by atoms with Crippen LogP contribution in [0.25, 0.3) is 21.8 Å². The number of thiazole rings is 1. The summed E-state index contributed by atoms with van der Waals surface area (Å²) in [6.45, 7) is 0.168. The summed E-state index contributed by atoms with van der Waals surface area (Å²) in [4.78, 5) is 46.0. The molecule has 150 valence electrons. The highest BCUT2D eigenvalue weighted by molar-refractivity contribution is 7.13. The zero-order valence-electron chi connectivity index (χ0n) is 15.7. The second kappa shape index (κ2) is 8.66. The number of pyridine rings is 1. The molecule has 8 nitrogen and oxygen atoms in total. The Morgan fingerprint density at radius 2 is 2.00 bits per heavy atom. The van der Waals surface area contributed by atoms with E-state index in [1.165, 1.54) is 28.2 Å². The van der Waals surface area contributed by atoms with E-state index >= 15 is 0 Å². The van der Waals surface area contributed by atoms with Crippen LogP contribution in [0.2, 0.25) is 0 Å². The lowest BCUT2D eigenvalue weighted by Crippen LogP contribution is -2.29. The molecule has 0 fully saturated rings. The third-order valence-corrected chi connectivity index (χ3v) is 5.22. The Morgan fingerprint density at radius 3 is 2.80 bits per heavy atom. The summed E-state index contributed by atoms with van der Waals surface area (Å²) in [5, 5.41) is 5.67. The monoisotopic (exact) mass is 419 g/mol. The highest BCUT2D eigenvalue weighted by Crippen LogP contribution is 2.29. The summed E-state index contributed by atoms with van der Waals surface area (Å²) in [7, 11) is 0. The zero-order chi connectivity index (χ0) is 20.9. The number of hydrogen-bond donors (Lipinski definition) is 2. The molecule has 3 heterocycles. The number of carbonyl (C=O) groups excluding carboxylic acids is 1. The number of hydrogen-bond acceptors (Lipinski definition) is 6. The van der Waals surface area contributed by atoms with Crippen LogP contribution in [-0.2, 0) is 11.3 Å². The van der Waals surface area contributed by atoms with Gasteiger partial charge >= 0.3 is 5.69 Å². The van der Waals surface area contributed by atoms with Crippen LogP contribution in [0, 0.1) is 0 Å². The maximum Gasteiger partial charge on any atom is 0.328 e. The zero-order valence-corrected chi connectivity index (χ0v) is 16.6. The van der Waals surface area contributed by atoms with E-state index in [1.54, 1.807) is 18.5 Å². The molecule has 2 N–H and O–H groups in total. The van der Waals surface area contributed by atoms with Crippen molar-refractivity contribution in [2.45, 2.75) is 13.0 Å². The number of aryl methyl sites for hydroxylation is 1. The van der Waals surface area contributed by atoms with Gasteiger partial charge in [0.15, 0.2) is 0 Å². The van der Waals surface area contributed by atoms with Crippen molar-refractivity contribution in [3.8, 4) is 21.8 Å². The van der Waals surface area contributed by atoms with E-state index in [1.807, 2.05) is 35.7 Å². The van der Waals surface area contributed by atoms with Crippen molar-refractivity contribution in [2.24, 2.45) is 0 Å². The molecule has 0 atom stereocenters. The van der Waals surface area contributed by atoms with Gasteiger partial charge in [-0.3, -0.25) is 19.6 Å². The van der Waals surface area contributed by atoms with Gasteiger partial charge in [-0.05, 0) is 24.3 Å². The first kappa shape index (κ1) is 19.5. The highest BCUT2D eigenvalue weighted by Gasteiger charge is 2.09. The van der Waals surface area contributed by atoms with Crippen LogP contribution in [0.5, 0.6) is 0 Å². The molecule has 3 aromatic heterocycles.